The Bertz CT molecular complexity index is 403. The molecule has 0 radical (unpaired) electrons. The Balaban J connectivity index is 2.54. The van der Waals surface area contributed by atoms with E-state index >= 15 is 0 Å². The lowest BCUT2D eigenvalue weighted by Gasteiger charge is -2.13. The maximum Gasteiger partial charge on any atom is 0.315 e. The highest BCUT2D eigenvalue weighted by Crippen LogP contribution is 2.15. The number of esters is 1. The van der Waals surface area contributed by atoms with Crippen LogP contribution in [0.3, 0.4) is 0 Å². The van der Waals surface area contributed by atoms with E-state index in [4.69, 9.17) is 11.6 Å². The Morgan fingerprint density at radius 3 is 2.47 bits per heavy atom. The molecule has 1 aromatic rings. The van der Waals surface area contributed by atoms with E-state index in [1.165, 1.54) is 7.11 Å². The van der Waals surface area contributed by atoms with Crippen LogP contribution in [0.5, 0.6) is 0 Å². The van der Waals surface area contributed by atoms with E-state index < -0.39 is 5.97 Å². The molecule has 0 heterocycles. The number of methoxy groups -OCH3 is 1. The van der Waals surface area contributed by atoms with E-state index in [0.29, 0.717) is 5.02 Å². The van der Waals surface area contributed by atoms with E-state index in [0.717, 1.165) is 5.56 Å². The second kappa shape index (κ2) is 6.25. The molecular formula is C12H14ClNO3. The minimum atomic E-state index is -0.550. The maximum absolute atomic E-state index is 11.4. The average Bonchev–Trinajstić information content (AvgIpc) is 2.29. The molecule has 92 valence electrons. The van der Waals surface area contributed by atoms with Crippen molar-refractivity contribution in [2.45, 2.75) is 19.4 Å². The average molecular weight is 256 g/mol. The summed E-state index contributed by atoms with van der Waals surface area (Å²) in [4.78, 5) is 22.3. The van der Waals surface area contributed by atoms with Crippen LogP contribution in [0.25, 0.3) is 0 Å². The van der Waals surface area contributed by atoms with Gasteiger partial charge in [0, 0.05) is 5.02 Å². The third-order valence-corrected chi connectivity index (χ3v) is 2.53. The van der Waals surface area contributed by atoms with Crippen LogP contribution in [0.4, 0.5) is 0 Å². The summed E-state index contributed by atoms with van der Waals surface area (Å²) in [5.74, 6) is -0.912. The highest BCUT2D eigenvalue weighted by atomic mass is 35.5. The number of benzene rings is 1. The fraction of sp³-hybridized carbons (Fsp3) is 0.333. The van der Waals surface area contributed by atoms with Crippen molar-refractivity contribution in [3.8, 4) is 0 Å². The van der Waals surface area contributed by atoms with Crippen molar-refractivity contribution in [3.63, 3.8) is 0 Å². The Hall–Kier alpha value is -1.55. The Morgan fingerprint density at radius 2 is 1.94 bits per heavy atom. The largest absolute Gasteiger partial charge is 0.469 e. The summed E-state index contributed by atoms with van der Waals surface area (Å²) < 4.78 is 4.41. The molecule has 17 heavy (non-hydrogen) atoms. The fourth-order valence-corrected chi connectivity index (χ4v) is 1.46. The van der Waals surface area contributed by atoms with E-state index in [-0.39, 0.29) is 18.4 Å². The van der Waals surface area contributed by atoms with Crippen molar-refractivity contribution < 1.29 is 14.3 Å². The minimum Gasteiger partial charge on any atom is -0.469 e. The molecule has 0 bridgehead atoms. The Morgan fingerprint density at radius 1 is 1.35 bits per heavy atom. The summed E-state index contributed by atoms with van der Waals surface area (Å²) in [5, 5.41) is 3.34. The van der Waals surface area contributed by atoms with Crippen molar-refractivity contribution in [1.29, 1.82) is 0 Å². The molecule has 0 aromatic heterocycles. The molecule has 0 aliphatic carbocycles. The molecule has 5 heteroatoms. The highest BCUT2D eigenvalue weighted by molar-refractivity contribution is 6.30. The summed E-state index contributed by atoms with van der Waals surface area (Å²) in [6.07, 6.45) is -0.269. The van der Waals surface area contributed by atoms with Crippen LogP contribution in [0.2, 0.25) is 5.02 Å². The second-order valence-corrected chi connectivity index (χ2v) is 4.03. The number of halogens is 1. The van der Waals surface area contributed by atoms with Gasteiger partial charge in [-0.05, 0) is 24.6 Å². The number of hydrogen-bond donors (Lipinski definition) is 1. The predicted octanol–water partition coefficient (Wildman–Crippen LogP) is 2.08. The Kier molecular flexibility index (Phi) is 4.97. The quantitative estimate of drug-likeness (QED) is 0.662. The van der Waals surface area contributed by atoms with E-state index in [2.05, 4.69) is 10.1 Å². The van der Waals surface area contributed by atoms with Crippen LogP contribution in [-0.4, -0.2) is 19.0 Å². The molecule has 1 unspecified atom stereocenters. The van der Waals surface area contributed by atoms with E-state index in [1.807, 2.05) is 19.1 Å². The zero-order valence-corrected chi connectivity index (χ0v) is 10.5. The molecule has 0 fully saturated rings. The topological polar surface area (TPSA) is 55.4 Å². The molecule has 0 saturated heterocycles. The third-order valence-electron chi connectivity index (χ3n) is 2.28. The van der Waals surface area contributed by atoms with Gasteiger partial charge in [-0.1, -0.05) is 23.7 Å². The number of carbonyl (C=O) groups excluding carboxylic acids is 2. The molecule has 1 atom stereocenters. The number of amides is 1. The molecule has 1 N–H and O–H groups in total. The number of ether oxygens (including phenoxy) is 1. The van der Waals surface area contributed by atoms with Crippen LogP contribution < -0.4 is 5.32 Å². The monoisotopic (exact) mass is 255 g/mol. The van der Waals surface area contributed by atoms with Crippen molar-refractivity contribution >= 4 is 23.5 Å². The van der Waals surface area contributed by atoms with Crippen molar-refractivity contribution in [3.05, 3.63) is 34.9 Å². The zero-order valence-electron chi connectivity index (χ0n) is 9.70. The molecular weight excluding hydrogens is 242 g/mol. The summed E-state index contributed by atoms with van der Waals surface area (Å²) in [6.45, 7) is 1.83. The summed E-state index contributed by atoms with van der Waals surface area (Å²) in [7, 11) is 1.25. The SMILES string of the molecule is COC(=O)CC(=O)NC(C)c1ccc(Cl)cc1. The van der Waals surface area contributed by atoms with Crippen molar-refractivity contribution in [1.82, 2.24) is 5.32 Å². The number of rotatable bonds is 4. The van der Waals surface area contributed by atoms with Crippen molar-refractivity contribution in [2.24, 2.45) is 0 Å². The first-order valence-electron chi connectivity index (χ1n) is 5.14. The summed E-state index contributed by atoms with van der Waals surface area (Å²) in [5.41, 5.74) is 0.924. The maximum atomic E-state index is 11.4. The summed E-state index contributed by atoms with van der Waals surface area (Å²) >= 11 is 5.76. The van der Waals surface area contributed by atoms with Crippen LogP contribution in [-0.2, 0) is 14.3 Å². The number of hydrogen-bond acceptors (Lipinski definition) is 3. The first-order chi connectivity index (χ1) is 8.02. The normalized spacial score (nSPS) is 11.7. The van der Waals surface area contributed by atoms with Gasteiger partial charge in [0.1, 0.15) is 6.42 Å². The van der Waals surface area contributed by atoms with E-state index in [1.54, 1.807) is 12.1 Å². The third kappa shape index (κ3) is 4.44. The van der Waals surface area contributed by atoms with Gasteiger partial charge in [-0.25, -0.2) is 0 Å². The molecule has 1 aromatic carbocycles. The van der Waals surface area contributed by atoms with Crippen LogP contribution >= 0.6 is 11.6 Å². The number of carbonyl (C=O) groups is 2. The van der Waals surface area contributed by atoms with Gasteiger partial charge in [0.15, 0.2) is 0 Å². The smallest absolute Gasteiger partial charge is 0.315 e. The van der Waals surface area contributed by atoms with Crippen LogP contribution in [0, 0.1) is 0 Å². The van der Waals surface area contributed by atoms with Crippen LogP contribution in [0.15, 0.2) is 24.3 Å². The zero-order chi connectivity index (χ0) is 12.8. The van der Waals surface area contributed by atoms with Gasteiger partial charge in [-0.15, -0.1) is 0 Å². The second-order valence-electron chi connectivity index (χ2n) is 3.59. The highest BCUT2D eigenvalue weighted by Gasteiger charge is 2.13. The molecule has 1 rings (SSSR count). The molecule has 4 nitrogen and oxygen atoms in total. The fourth-order valence-electron chi connectivity index (χ4n) is 1.33. The lowest BCUT2D eigenvalue weighted by atomic mass is 10.1. The molecule has 0 aliphatic rings. The van der Waals surface area contributed by atoms with Crippen LogP contribution in [0.1, 0.15) is 24.9 Å². The van der Waals surface area contributed by atoms with Gasteiger partial charge in [-0.2, -0.15) is 0 Å². The van der Waals surface area contributed by atoms with Gasteiger partial charge < -0.3 is 10.1 Å². The molecule has 0 aliphatic heterocycles. The minimum absolute atomic E-state index is 0.176. The van der Waals surface area contributed by atoms with Gasteiger partial charge in [0.05, 0.1) is 13.2 Å². The number of nitrogens with one attached hydrogen (secondary N) is 1. The van der Waals surface area contributed by atoms with Gasteiger partial charge >= 0.3 is 5.97 Å². The lowest BCUT2D eigenvalue weighted by molar-refractivity contribution is -0.143. The standard InChI is InChI=1S/C12H14ClNO3/c1-8(9-3-5-10(13)6-4-9)14-11(15)7-12(16)17-2/h3-6,8H,7H2,1-2H3,(H,14,15). The van der Waals surface area contributed by atoms with Gasteiger partial charge in [-0.3, -0.25) is 9.59 Å². The first-order valence-corrected chi connectivity index (χ1v) is 5.52. The van der Waals surface area contributed by atoms with Gasteiger partial charge in [0.25, 0.3) is 0 Å². The Labute approximate surface area is 105 Å². The van der Waals surface area contributed by atoms with Crippen molar-refractivity contribution in [2.75, 3.05) is 7.11 Å². The molecule has 0 saturated carbocycles. The van der Waals surface area contributed by atoms with Gasteiger partial charge in [0.2, 0.25) is 5.91 Å². The lowest BCUT2D eigenvalue weighted by Crippen LogP contribution is -2.28. The van der Waals surface area contributed by atoms with E-state index in [9.17, 15) is 9.59 Å². The predicted molar refractivity (Wildman–Crippen MR) is 64.6 cm³/mol. The molecule has 0 spiro atoms. The summed E-state index contributed by atoms with van der Waals surface area (Å²) in [6, 6.07) is 6.97. The molecule has 1 amide bonds. The first kappa shape index (κ1) is 13.5.